The highest BCUT2D eigenvalue weighted by atomic mass is 16.1. The minimum Gasteiger partial charge on any atom is -0.370 e. The number of hydrogen-bond acceptors (Lipinski definition) is 1. The van der Waals surface area contributed by atoms with Crippen LogP contribution in [-0.2, 0) is 4.79 Å². The molecule has 0 spiro atoms. The molecule has 0 heterocycles. The van der Waals surface area contributed by atoms with Crippen molar-refractivity contribution in [2.24, 2.45) is 5.73 Å². The van der Waals surface area contributed by atoms with Crippen molar-refractivity contribution in [1.82, 2.24) is 0 Å². The number of amides is 1. The molecule has 3 heteroatoms. The summed E-state index contributed by atoms with van der Waals surface area (Å²) in [4.78, 5) is 9.95. The van der Waals surface area contributed by atoms with Crippen molar-refractivity contribution in [3.63, 3.8) is 0 Å². The largest absolute Gasteiger partial charge is 0.370 e. The second-order valence-corrected chi connectivity index (χ2v) is 1.42. The van der Waals surface area contributed by atoms with E-state index in [1.54, 1.807) is 0 Å². The van der Waals surface area contributed by atoms with Gasteiger partial charge in [-0.05, 0) is 0 Å². The van der Waals surface area contributed by atoms with E-state index < -0.39 is 0 Å². The smallest absolute Gasteiger partial charge is 0.217 e. The van der Waals surface area contributed by atoms with Gasteiger partial charge in [0.15, 0.2) is 0 Å². The molecule has 1 amide bonds. The van der Waals surface area contributed by atoms with E-state index in [4.69, 9.17) is 5.73 Å². The highest BCUT2D eigenvalue weighted by Gasteiger charge is 1.90. The van der Waals surface area contributed by atoms with E-state index in [2.05, 4.69) is 5.73 Å². The Morgan fingerprint density at radius 3 is 2.43 bits per heavy atom. The topological polar surface area (TPSA) is 70.7 Å². The summed E-state index contributed by atoms with van der Waals surface area (Å²) < 4.78 is 0. The first kappa shape index (κ1) is 6.43. The van der Waals surface area contributed by atoms with Crippen molar-refractivity contribution in [1.29, 1.82) is 0 Å². The first-order chi connectivity index (χ1) is 3.27. The lowest BCUT2D eigenvalue weighted by molar-refractivity contribution is -0.368. The maximum absolute atomic E-state index is 9.95. The molecule has 0 unspecified atom stereocenters. The lowest BCUT2D eigenvalue weighted by Crippen LogP contribution is -2.50. The summed E-state index contributed by atoms with van der Waals surface area (Å²) in [7, 11) is 0. The Balaban J connectivity index is 2.82. The number of hydrogen-bond donors (Lipinski definition) is 2. The monoisotopic (exact) mass is 103 g/mol. The molecular weight excluding hydrogens is 92.1 g/mol. The fraction of sp³-hybridized carbons (Fsp3) is 0.750. The molecule has 7 heavy (non-hydrogen) atoms. The second-order valence-electron chi connectivity index (χ2n) is 1.42. The van der Waals surface area contributed by atoms with Gasteiger partial charge in [-0.2, -0.15) is 0 Å². The summed E-state index contributed by atoms with van der Waals surface area (Å²) in [5.41, 5.74) is 8.36. The second kappa shape index (κ2) is 3.61. The molecule has 42 valence electrons. The molecule has 0 aliphatic rings. The van der Waals surface area contributed by atoms with Gasteiger partial charge in [0.05, 0.1) is 6.54 Å². The third kappa shape index (κ3) is 5.43. The van der Waals surface area contributed by atoms with Crippen LogP contribution in [0.1, 0.15) is 12.8 Å². The molecule has 3 nitrogen and oxygen atoms in total. The Morgan fingerprint density at radius 1 is 1.71 bits per heavy atom. The fourth-order valence-electron chi connectivity index (χ4n) is 0.299. The SMILES string of the molecule is NC(=O)CCC[NH3+]. The van der Waals surface area contributed by atoms with E-state index in [0.717, 1.165) is 13.0 Å². The van der Waals surface area contributed by atoms with Gasteiger partial charge in [0, 0.05) is 12.8 Å². The van der Waals surface area contributed by atoms with Gasteiger partial charge in [-0.3, -0.25) is 4.79 Å². The van der Waals surface area contributed by atoms with Crippen molar-refractivity contribution >= 4 is 5.91 Å². The summed E-state index contributed by atoms with van der Waals surface area (Å²) in [5.74, 6) is -0.233. The first-order valence-electron chi connectivity index (χ1n) is 2.35. The van der Waals surface area contributed by atoms with Crippen LogP contribution >= 0.6 is 0 Å². The van der Waals surface area contributed by atoms with Gasteiger partial charge in [-0.25, -0.2) is 0 Å². The molecule has 0 aliphatic carbocycles. The Kier molecular flexibility index (Phi) is 3.32. The van der Waals surface area contributed by atoms with Gasteiger partial charge in [0.25, 0.3) is 0 Å². The number of rotatable bonds is 3. The molecule has 0 saturated heterocycles. The zero-order valence-corrected chi connectivity index (χ0v) is 4.31. The molecule has 0 saturated carbocycles. The number of primary amides is 1. The van der Waals surface area contributed by atoms with Crippen LogP contribution in [0.2, 0.25) is 0 Å². The molecule has 5 N–H and O–H groups in total. The normalized spacial score (nSPS) is 8.71. The van der Waals surface area contributed by atoms with Crippen molar-refractivity contribution in [2.45, 2.75) is 12.8 Å². The highest BCUT2D eigenvalue weighted by Crippen LogP contribution is 1.78. The average Bonchev–Trinajstić information content (AvgIpc) is 1.61. The third-order valence-electron chi connectivity index (χ3n) is 0.673. The molecule has 0 aromatic rings. The van der Waals surface area contributed by atoms with Crippen molar-refractivity contribution in [3.8, 4) is 0 Å². The van der Waals surface area contributed by atoms with E-state index in [9.17, 15) is 4.79 Å². The van der Waals surface area contributed by atoms with Gasteiger partial charge < -0.3 is 11.5 Å². The molecule has 0 radical (unpaired) electrons. The number of quaternary nitrogens is 1. The van der Waals surface area contributed by atoms with Crippen LogP contribution in [0.15, 0.2) is 0 Å². The quantitative estimate of drug-likeness (QED) is 0.448. The lowest BCUT2D eigenvalue weighted by Gasteiger charge is -1.85. The predicted octanol–water partition coefficient (Wildman–Crippen LogP) is -1.51. The summed E-state index contributed by atoms with van der Waals surface area (Å²) in [5, 5.41) is 0. The van der Waals surface area contributed by atoms with Crippen LogP contribution in [0.4, 0.5) is 0 Å². The number of nitrogens with two attached hydrogens (primary N) is 1. The number of carbonyl (C=O) groups is 1. The molecule has 0 aromatic carbocycles. The number of carbonyl (C=O) groups excluding carboxylic acids is 1. The molecule has 0 bridgehead atoms. The maximum atomic E-state index is 9.95. The standard InChI is InChI=1S/C4H10N2O/c5-3-1-2-4(6)7/h1-3,5H2,(H2,6,7)/p+1. The molecule has 0 aliphatic heterocycles. The minimum atomic E-state index is -0.233. The van der Waals surface area contributed by atoms with Gasteiger partial charge in [-0.15, -0.1) is 0 Å². The molecule has 0 aromatic heterocycles. The Hall–Kier alpha value is -0.570. The van der Waals surface area contributed by atoms with Crippen molar-refractivity contribution in [3.05, 3.63) is 0 Å². The van der Waals surface area contributed by atoms with E-state index in [-0.39, 0.29) is 5.91 Å². The zero-order valence-electron chi connectivity index (χ0n) is 4.31. The average molecular weight is 103 g/mol. The van der Waals surface area contributed by atoms with Crippen LogP contribution in [0.3, 0.4) is 0 Å². The van der Waals surface area contributed by atoms with Crippen LogP contribution in [-0.4, -0.2) is 12.5 Å². The molecule has 0 rings (SSSR count). The van der Waals surface area contributed by atoms with Gasteiger partial charge in [-0.1, -0.05) is 0 Å². The van der Waals surface area contributed by atoms with E-state index in [1.165, 1.54) is 0 Å². The lowest BCUT2D eigenvalue weighted by atomic mass is 10.3. The van der Waals surface area contributed by atoms with Crippen molar-refractivity contribution < 1.29 is 10.5 Å². The predicted molar refractivity (Wildman–Crippen MR) is 26.2 cm³/mol. The minimum absolute atomic E-state index is 0.233. The fourth-order valence-corrected chi connectivity index (χ4v) is 0.299. The van der Waals surface area contributed by atoms with Gasteiger partial charge >= 0.3 is 0 Å². The summed E-state index contributed by atoms with van der Waals surface area (Å²) in [6.07, 6.45) is 1.29. The van der Waals surface area contributed by atoms with Crippen LogP contribution in [0.25, 0.3) is 0 Å². The Labute approximate surface area is 42.7 Å². The zero-order chi connectivity index (χ0) is 5.70. The molecule has 0 atom stereocenters. The Morgan fingerprint density at radius 2 is 2.29 bits per heavy atom. The van der Waals surface area contributed by atoms with E-state index in [0.29, 0.717) is 6.42 Å². The Bertz CT molecular complexity index is 62.7. The van der Waals surface area contributed by atoms with E-state index in [1.807, 2.05) is 0 Å². The molecular formula is C4H11N2O+. The molecule has 0 fully saturated rings. The van der Waals surface area contributed by atoms with Gasteiger partial charge in [0.1, 0.15) is 0 Å². The first-order valence-corrected chi connectivity index (χ1v) is 2.35. The maximum Gasteiger partial charge on any atom is 0.217 e. The highest BCUT2D eigenvalue weighted by molar-refractivity contribution is 5.73. The van der Waals surface area contributed by atoms with Crippen LogP contribution in [0, 0.1) is 0 Å². The van der Waals surface area contributed by atoms with Crippen LogP contribution in [0.5, 0.6) is 0 Å². The summed E-state index contributed by atoms with van der Waals surface area (Å²) in [6.45, 7) is 0.795. The van der Waals surface area contributed by atoms with Gasteiger partial charge in [0.2, 0.25) is 5.91 Å². The summed E-state index contributed by atoms with van der Waals surface area (Å²) in [6, 6.07) is 0. The third-order valence-corrected chi connectivity index (χ3v) is 0.673. The van der Waals surface area contributed by atoms with Crippen molar-refractivity contribution in [2.75, 3.05) is 6.54 Å². The van der Waals surface area contributed by atoms with Crippen LogP contribution < -0.4 is 11.5 Å². The van der Waals surface area contributed by atoms with E-state index >= 15 is 0 Å². The summed E-state index contributed by atoms with van der Waals surface area (Å²) >= 11 is 0.